The van der Waals surface area contributed by atoms with E-state index < -0.39 is 13.0 Å². The van der Waals surface area contributed by atoms with Crippen molar-refractivity contribution in [2.75, 3.05) is 6.54 Å². The first-order chi connectivity index (χ1) is 16.2. The van der Waals surface area contributed by atoms with Gasteiger partial charge in [0.25, 0.3) is 6.92 Å². The van der Waals surface area contributed by atoms with Crippen molar-refractivity contribution < 1.29 is 14.6 Å². The van der Waals surface area contributed by atoms with E-state index in [2.05, 4.69) is 56.1 Å². The van der Waals surface area contributed by atoms with Crippen LogP contribution in [0.2, 0.25) is 12.6 Å². The van der Waals surface area contributed by atoms with Gasteiger partial charge >= 0.3 is 0 Å². The molecule has 1 fully saturated rings. The largest absolute Gasteiger partial charge is 0.450 e. The van der Waals surface area contributed by atoms with Crippen molar-refractivity contribution in [1.29, 1.82) is 0 Å². The van der Waals surface area contributed by atoms with Crippen LogP contribution in [0, 0.1) is 5.92 Å². The average Bonchev–Trinajstić information content (AvgIpc) is 3.28. The van der Waals surface area contributed by atoms with Crippen molar-refractivity contribution in [2.45, 2.75) is 90.6 Å². The Morgan fingerprint density at radius 2 is 1.82 bits per heavy atom. The second-order valence-electron chi connectivity index (χ2n) is 10.7. The van der Waals surface area contributed by atoms with Crippen molar-refractivity contribution in [3.8, 4) is 0 Å². The molecule has 0 radical (unpaired) electrons. The van der Waals surface area contributed by atoms with Gasteiger partial charge in [0.2, 0.25) is 5.91 Å². The third-order valence-electron chi connectivity index (χ3n) is 7.19. The fourth-order valence-corrected chi connectivity index (χ4v) is 5.35. The summed E-state index contributed by atoms with van der Waals surface area (Å²) in [5, 5.41) is 15.7. The van der Waals surface area contributed by atoms with Crippen LogP contribution >= 0.6 is 0 Å². The normalized spacial score (nSPS) is 18.4. The SMILES string of the molecule is CB(O)[C@@H](CC(=O)[C@H](Cc1cccc2ccccc12)NC(=O)[C@@H]1CCCN1C(C)C)CC(C)C. The molecule has 1 aliphatic rings. The first-order valence-corrected chi connectivity index (χ1v) is 12.9. The first-order valence-electron chi connectivity index (χ1n) is 12.9. The summed E-state index contributed by atoms with van der Waals surface area (Å²) in [6, 6.07) is 13.8. The molecular weight excluding hydrogens is 423 g/mol. The summed E-state index contributed by atoms with van der Waals surface area (Å²) in [4.78, 5) is 29.2. The third-order valence-corrected chi connectivity index (χ3v) is 7.19. The number of amides is 1. The summed E-state index contributed by atoms with van der Waals surface area (Å²) in [7, 11) is 0. The maximum atomic E-state index is 13.6. The Morgan fingerprint density at radius 3 is 2.50 bits per heavy atom. The standard InChI is InChI=1S/C28H41BN2O3/c1-19(2)16-23(29(5)34)18-27(32)25(30-28(33)26-14-9-15-31(26)20(3)4)17-22-12-8-11-21-10-6-7-13-24(21)22/h6-8,10-13,19-20,23,25-26,34H,9,14-18H2,1-5H3,(H,30,33)/t23-,25+,26+/m1/s1. The maximum Gasteiger partial charge on any atom is 0.289 e. The topological polar surface area (TPSA) is 69.6 Å². The summed E-state index contributed by atoms with van der Waals surface area (Å²) in [6.45, 7) is 10.6. The summed E-state index contributed by atoms with van der Waals surface area (Å²) in [5.41, 5.74) is 1.06. The van der Waals surface area contributed by atoms with E-state index in [0.717, 1.165) is 42.1 Å². The first kappa shape index (κ1) is 26.4. The third kappa shape index (κ3) is 6.70. The minimum Gasteiger partial charge on any atom is -0.450 e. The van der Waals surface area contributed by atoms with E-state index in [1.54, 1.807) is 6.82 Å². The molecule has 0 aromatic heterocycles. The molecule has 3 atom stereocenters. The molecule has 2 aromatic carbocycles. The number of hydrogen-bond donors (Lipinski definition) is 2. The molecule has 0 spiro atoms. The Kier molecular flexibility index (Phi) is 9.32. The molecule has 34 heavy (non-hydrogen) atoms. The molecule has 1 amide bonds. The van der Waals surface area contributed by atoms with Gasteiger partial charge in [-0.15, -0.1) is 0 Å². The molecule has 1 heterocycles. The monoisotopic (exact) mass is 464 g/mol. The van der Waals surface area contributed by atoms with E-state index in [9.17, 15) is 14.6 Å². The van der Waals surface area contributed by atoms with Crippen LogP contribution in [0.3, 0.4) is 0 Å². The lowest BCUT2D eigenvalue weighted by Gasteiger charge is -2.29. The molecule has 0 saturated carbocycles. The highest BCUT2D eigenvalue weighted by molar-refractivity contribution is 6.50. The molecule has 2 N–H and O–H groups in total. The van der Waals surface area contributed by atoms with Gasteiger partial charge in [-0.05, 0) is 61.3 Å². The van der Waals surface area contributed by atoms with Crippen molar-refractivity contribution in [2.24, 2.45) is 5.92 Å². The summed E-state index contributed by atoms with van der Waals surface area (Å²) in [5.74, 6) is 0.221. The quantitative estimate of drug-likeness (QED) is 0.472. The number of likely N-dealkylation sites (tertiary alicyclic amines) is 1. The summed E-state index contributed by atoms with van der Waals surface area (Å²) < 4.78 is 0. The van der Waals surface area contributed by atoms with Gasteiger partial charge in [-0.2, -0.15) is 0 Å². The number of fused-ring (bicyclic) bond motifs is 1. The molecule has 0 aliphatic carbocycles. The zero-order valence-corrected chi connectivity index (χ0v) is 21.5. The van der Waals surface area contributed by atoms with Crippen molar-refractivity contribution in [3.63, 3.8) is 0 Å². The van der Waals surface area contributed by atoms with Crippen molar-refractivity contribution in [3.05, 3.63) is 48.0 Å². The fraction of sp³-hybridized carbons (Fsp3) is 0.571. The molecule has 1 saturated heterocycles. The Hall–Kier alpha value is -2.18. The Balaban J connectivity index is 1.86. The number of carbonyl (C=O) groups is 2. The Morgan fingerprint density at radius 1 is 1.12 bits per heavy atom. The predicted octanol–water partition coefficient (Wildman–Crippen LogP) is 4.73. The van der Waals surface area contributed by atoms with E-state index in [1.807, 2.05) is 24.3 Å². The molecule has 0 bridgehead atoms. The van der Waals surface area contributed by atoms with Gasteiger partial charge in [-0.1, -0.05) is 69.6 Å². The van der Waals surface area contributed by atoms with Crippen LogP contribution in [0.5, 0.6) is 0 Å². The molecule has 0 unspecified atom stereocenters. The second-order valence-corrected chi connectivity index (χ2v) is 10.7. The minimum atomic E-state index is -0.610. The Bertz CT molecular complexity index is 970. The van der Waals surface area contributed by atoms with Crippen LogP contribution in [0.1, 0.15) is 58.9 Å². The number of ketones is 1. The number of rotatable bonds is 11. The lowest BCUT2D eigenvalue weighted by atomic mass is 9.54. The van der Waals surface area contributed by atoms with E-state index in [1.165, 1.54) is 0 Å². The molecule has 2 aromatic rings. The second kappa shape index (κ2) is 12.0. The summed E-state index contributed by atoms with van der Waals surface area (Å²) >= 11 is 0. The highest BCUT2D eigenvalue weighted by Crippen LogP contribution is 2.27. The molecule has 6 heteroatoms. The van der Waals surface area contributed by atoms with E-state index in [0.29, 0.717) is 12.3 Å². The van der Waals surface area contributed by atoms with Crippen LogP contribution in [0.25, 0.3) is 10.8 Å². The van der Waals surface area contributed by atoms with Gasteiger partial charge in [0.05, 0.1) is 12.1 Å². The van der Waals surface area contributed by atoms with Gasteiger partial charge in [-0.25, -0.2) is 0 Å². The van der Waals surface area contributed by atoms with Crippen LogP contribution < -0.4 is 5.32 Å². The minimum absolute atomic E-state index is 0.00179. The molecule has 5 nitrogen and oxygen atoms in total. The number of nitrogens with zero attached hydrogens (tertiary/aromatic N) is 1. The van der Waals surface area contributed by atoms with Gasteiger partial charge in [0, 0.05) is 18.9 Å². The average molecular weight is 464 g/mol. The van der Waals surface area contributed by atoms with E-state index in [-0.39, 0.29) is 36.0 Å². The smallest absolute Gasteiger partial charge is 0.289 e. The lowest BCUT2D eigenvalue weighted by molar-refractivity contribution is -0.131. The number of hydrogen-bond acceptors (Lipinski definition) is 4. The van der Waals surface area contributed by atoms with Crippen LogP contribution in [-0.4, -0.2) is 53.2 Å². The highest BCUT2D eigenvalue weighted by Gasteiger charge is 2.35. The zero-order chi connectivity index (χ0) is 24.8. The van der Waals surface area contributed by atoms with E-state index in [4.69, 9.17) is 0 Å². The molecule has 3 rings (SSSR count). The lowest BCUT2D eigenvalue weighted by Crippen LogP contribution is -2.51. The van der Waals surface area contributed by atoms with Gasteiger partial charge in [0.1, 0.15) is 0 Å². The molecule has 1 aliphatic heterocycles. The fourth-order valence-electron chi connectivity index (χ4n) is 5.35. The van der Waals surface area contributed by atoms with Gasteiger partial charge in [-0.3, -0.25) is 14.5 Å². The number of Topliss-reactive ketones (excluding diaryl/α,β-unsaturated/α-hetero) is 1. The number of carbonyl (C=O) groups excluding carboxylic acids is 2. The molecule has 184 valence electrons. The summed E-state index contributed by atoms with van der Waals surface area (Å²) in [6.07, 6.45) is 3.32. The van der Waals surface area contributed by atoms with Crippen LogP contribution in [0.15, 0.2) is 42.5 Å². The maximum absolute atomic E-state index is 13.6. The number of nitrogens with one attached hydrogen (secondary N) is 1. The molecular formula is C28H41BN2O3. The van der Waals surface area contributed by atoms with E-state index >= 15 is 0 Å². The van der Waals surface area contributed by atoms with Crippen LogP contribution in [-0.2, 0) is 16.0 Å². The Labute approximate surface area is 205 Å². The van der Waals surface area contributed by atoms with Gasteiger partial charge < -0.3 is 10.3 Å². The zero-order valence-electron chi connectivity index (χ0n) is 21.5. The number of benzene rings is 2. The van der Waals surface area contributed by atoms with Crippen molar-refractivity contribution in [1.82, 2.24) is 10.2 Å². The van der Waals surface area contributed by atoms with Crippen LogP contribution in [0.4, 0.5) is 0 Å². The van der Waals surface area contributed by atoms with Gasteiger partial charge in [0.15, 0.2) is 5.78 Å². The predicted molar refractivity (Wildman–Crippen MR) is 141 cm³/mol. The van der Waals surface area contributed by atoms with Crippen molar-refractivity contribution >= 4 is 29.4 Å². The highest BCUT2D eigenvalue weighted by atomic mass is 16.2.